The van der Waals surface area contributed by atoms with Crippen LogP contribution in [-0.2, 0) is 7.05 Å². The van der Waals surface area contributed by atoms with Crippen molar-refractivity contribution in [1.82, 2.24) is 9.78 Å². The molecule has 16 heavy (non-hydrogen) atoms. The lowest BCUT2D eigenvalue weighted by molar-refractivity contribution is 0.386. The van der Waals surface area contributed by atoms with Gasteiger partial charge in [-0.1, -0.05) is 0 Å². The van der Waals surface area contributed by atoms with Gasteiger partial charge in [-0.05, 0) is 18.2 Å². The normalized spacial score (nSPS) is 10.4. The van der Waals surface area contributed by atoms with E-state index in [1.54, 1.807) is 23.9 Å². The maximum atomic E-state index is 13.5. The predicted molar refractivity (Wildman–Crippen MR) is 59.6 cm³/mol. The number of nitrogens with zero attached hydrogens (tertiary/aromatic N) is 2. The van der Waals surface area contributed by atoms with E-state index >= 15 is 0 Å². The number of anilines is 1. The zero-order valence-corrected chi connectivity index (χ0v) is 9.07. The largest absolute Gasteiger partial charge is 0.494 e. The lowest BCUT2D eigenvalue weighted by Crippen LogP contribution is -1.97. The third kappa shape index (κ3) is 1.60. The van der Waals surface area contributed by atoms with Crippen LogP contribution in [0.3, 0.4) is 0 Å². The lowest BCUT2D eigenvalue weighted by Gasteiger charge is -2.06. The zero-order chi connectivity index (χ0) is 11.7. The number of hydrogen-bond donors (Lipinski definition) is 1. The van der Waals surface area contributed by atoms with Crippen molar-refractivity contribution >= 4 is 5.69 Å². The van der Waals surface area contributed by atoms with E-state index in [9.17, 15) is 4.39 Å². The number of nitrogens with two attached hydrogens (primary N) is 1. The van der Waals surface area contributed by atoms with Crippen LogP contribution in [0, 0.1) is 5.82 Å². The molecule has 2 N–H and O–H groups in total. The fourth-order valence-electron chi connectivity index (χ4n) is 1.62. The van der Waals surface area contributed by atoms with E-state index in [1.165, 1.54) is 19.4 Å². The molecule has 0 saturated heterocycles. The van der Waals surface area contributed by atoms with Crippen molar-refractivity contribution in [3.8, 4) is 17.0 Å². The van der Waals surface area contributed by atoms with E-state index in [-0.39, 0.29) is 5.75 Å². The first-order chi connectivity index (χ1) is 7.63. The highest BCUT2D eigenvalue weighted by Crippen LogP contribution is 2.28. The molecule has 84 valence electrons. The highest BCUT2D eigenvalue weighted by atomic mass is 19.1. The molecule has 0 aliphatic heterocycles. The van der Waals surface area contributed by atoms with Gasteiger partial charge >= 0.3 is 0 Å². The minimum Gasteiger partial charge on any atom is -0.494 e. The number of benzene rings is 1. The van der Waals surface area contributed by atoms with Crippen molar-refractivity contribution in [2.75, 3.05) is 12.8 Å². The molecule has 2 rings (SSSR count). The van der Waals surface area contributed by atoms with Gasteiger partial charge in [0, 0.05) is 12.6 Å². The van der Waals surface area contributed by atoms with Gasteiger partial charge in [0.25, 0.3) is 0 Å². The number of halogens is 1. The first-order valence-corrected chi connectivity index (χ1v) is 4.75. The summed E-state index contributed by atoms with van der Waals surface area (Å²) in [6, 6.07) is 4.69. The molecule has 1 aromatic heterocycles. The van der Waals surface area contributed by atoms with Crippen molar-refractivity contribution in [1.29, 1.82) is 0 Å². The second-order valence-electron chi connectivity index (χ2n) is 3.42. The Morgan fingerprint density at radius 1 is 1.44 bits per heavy atom. The zero-order valence-electron chi connectivity index (χ0n) is 9.07. The van der Waals surface area contributed by atoms with Crippen LogP contribution in [0.4, 0.5) is 10.1 Å². The van der Waals surface area contributed by atoms with Gasteiger partial charge < -0.3 is 10.5 Å². The van der Waals surface area contributed by atoms with Crippen molar-refractivity contribution in [2.24, 2.45) is 7.05 Å². The Hall–Kier alpha value is -2.04. The Labute approximate surface area is 92.4 Å². The number of rotatable bonds is 2. The van der Waals surface area contributed by atoms with Crippen LogP contribution >= 0.6 is 0 Å². The van der Waals surface area contributed by atoms with Gasteiger partial charge in [0.05, 0.1) is 24.7 Å². The van der Waals surface area contributed by atoms with Gasteiger partial charge in [0.2, 0.25) is 0 Å². The molecule has 1 aromatic carbocycles. The van der Waals surface area contributed by atoms with Crippen LogP contribution in [-0.4, -0.2) is 16.9 Å². The first-order valence-electron chi connectivity index (χ1n) is 4.75. The maximum absolute atomic E-state index is 13.5. The Kier molecular flexibility index (Phi) is 2.52. The minimum absolute atomic E-state index is 0.212. The van der Waals surface area contributed by atoms with E-state index in [0.717, 1.165) is 0 Å². The van der Waals surface area contributed by atoms with Crippen LogP contribution in [0.15, 0.2) is 24.4 Å². The smallest absolute Gasteiger partial charge is 0.165 e. The van der Waals surface area contributed by atoms with Crippen molar-refractivity contribution in [3.05, 3.63) is 30.2 Å². The molecule has 4 nitrogen and oxygen atoms in total. The third-order valence-corrected chi connectivity index (χ3v) is 2.39. The Morgan fingerprint density at radius 3 is 2.69 bits per heavy atom. The molecule has 0 atom stereocenters. The van der Waals surface area contributed by atoms with E-state index < -0.39 is 5.82 Å². The number of aryl methyl sites for hydroxylation is 1. The van der Waals surface area contributed by atoms with Gasteiger partial charge in [-0.15, -0.1) is 0 Å². The summed E-state index contributed by atoms with van der Waals surface area (Å²) >= 11 is 0. The fourth-order valence-corrected chi connectivity index (χ4v) is 1.62. The number of ether oxygens (including phenoxy) is 1. The van der Waals surface area contributed by atoms with Crippen LogP contribution in [0.1, 0.15) is 0 Å². The third-order valence-electron chi connectivity index (χ3n) is 2.39. The highest BCUT2D eigenvalue weighted by molar-refractivity contribution is 5.72. The van der Waals surface area contributed by atoms with Gasteiger partial charge in [-0.2, -0.15) is 5.10 Å². The van der Waals surface area contributed by atoms with Gasteiger partial charge in [-0.3, -0.25) is 4.68 Å². The summed E-state index contributed by atoms with van der Waals surface area (Å²) in [5, 5.41) is 4.00. The summed E-state index contributed by atoms with van der Waals surface area (Å²) < 4.78 is 20.0. The summed E-state index contributed by atoms with van der Waals surface area (Å²) in [6.45, 7) is 0. The molecular weight excluding hydrogens is 209 g/mol. The fraction of sp³-hybridized carbons (Fsp3) is 0.182. The Bertz CT molecular complexity index is 502. The van der Waals surface area contributed by atoms with Crippen molar-refractivity contribution in [3.63, 3.8) is 0 Å². The summed E-state index contributed by atoms with van der Waals surface area (Å²) in [6.07, 6.45) is 1.54. The second-order valence-corrected chi connectivity index (χ2v) is 3.42. The van der Waals surface area contributed by atoms with E-state index in [2.05, 4.69) is 5.10 Å². The molecule has 0 aliphatic carbocycles. The minimum atomic E-state index is -0.416. The molecule has 0 aliphatic rings. The summed E-state index contributed by atoms with van der Waals surface area (Å²) in [7, 11) is 3.18. The molecule has 0 saturated carbocycles. The average Bonchev–Trinajstić information content (AvgIpc) is 2.58. The monoisotopic (exact) mass is 221 g/mol. The summed E-state index contributed by atoms with van der Waals surface area (Å²) in [5.74, 6) is -0.204. The maximum Gasteiger partial charge on any atom is 0.165 e. The van der Waals surface area contributed by atoms with E-state index in [4.69, 9.17) is 10.5 Å². The second kappa shape index (κ2) is 3.84. The average molecular weight is 221 g/mol. The number of aromatic nitrogens is 2. The number of nitrogen functional groups attached to an aromatic ring is 1. The molecule has 0 unspecified atom stereocenters. The molecule has 5 heteroatoms. The van der Waals surface area contributed by atoms with Crippen LogP contribution in [0.2, 0.25) is 0 Å². The van der Waals surface area contributed by atoms with Crippen LogP contribution < -0.4 is 10.5 Å². The SMILES string of the molecule is COc1ccc(-c2c(N)cnn2C)cc1F. The van der Waals surface area contributed by atoms with Crippen molar-refractivity contribution in [2.45, 2.75) is 0 Å². The molecule has 0 bridgehead atoms. The number of methoxy groups -OCH3 is 1. The van der Waals surface area contributed by atoms with Gasteiger partial charge in [0.15, 0.2) is 11.6 Å². The molecule has 1 heterocycles. The topological polar surface area (TPSA) is 53.1 Å². The molecule has 0 spiro atoms. The Balaban J connectivity index is 2.53. The highest BCUT2D eigenvalue weighted by Gasteiger charge is 2.11. The molecular formula is C11H12FN3O. The molecule has 0 radical (unpaired) electrons. The standard InChI is InChI=1S/C11H12FN3O/c1-15-11(9(13)6-14-15)7-3-4-10(16-2)8(12)5-7/h3-6H,13H2,1-2H3. The molecule has 2 aromatic rings. The van der Waals surface area contributed by atoms with Crippen molar-refractivity contribution < 1.29 is 9.13 Å². The predicted octanol–water partition coefficient (Wildman–Crippen LogP) is 1.82. The van der Waals surface area contributed by atoms with E-state index in [1.807, 2.05) is 0 Å². The Morgan fingerprint density at radius 2 is 2.19 bits per heavy atom. The summed E-state index contributed by atoms with van der Waals surface area (Å²) in [4.78, 5) is 0. The number of hydrogen-bond acceptors (Lipinski definition) is 3. The molecule has 0 amide bonds. The van der Waals surface area contributed by atoms with Gasteiger partial charge in [-0.25, -0.2) is 4.39 Å². The first kappa shape index (κ1) is 10.5. The lowest BCUT2D eigenvalue weighted by atomic mass is 10.1. The van der Waals surface area contributed by atoms with E-state index in [0.29, 0.717) is 16.9 Å². The van der Waals surface area contributed by atoms with Crippen LogP contribution in [0.5, 0.6) is 5.75 Å². The quantitative estimate of drug-likeness (QED) is 0.841. The van der Waals surface area contributed by atoms with Gasteiger partial charge in [0.1, 0.15) is 0 Å². The molecule has 0 fully saturated rings. The van der Waals surface area contributed by atoms with Crippen LogP contribution in [0.25, 0.3) is 11.3 Å². The summed E-state index contributed by atoms with van der Waals surface area (Å²) in [5.41, 5.74) is 7.65.